The molecule has 0 spiro atoms. The number of hydrogen-bond acceptors (Lipinski definition) is 2. The molecule has 2 N–H and O–H groups in total. The summed E-state index contributed by atoms with van der Waals surface area (Å²) in [4.78, 5) is 13.3. The van der Waals surface area contributed by atoms with Crippen LogP contribution in [0.3, 0.4) is 0 Å². The molecule has 0 fully saturated rings. The lowest BCUT2D eigenvalue weighted by atomic mass is 10.2. The van der Waals surface area contributed by atoms with Crippen LogP contribution < -0.4 is 10.6 Å². The summed E-state index contributed by atoms with van der Waals surface area (Å²) in [5.41, 5.74) is 5.96. The van der Waals surface area contributed by atoms with Crippen LogP contribution in [0.1, 0.15) is 20.3 Å². The lowest BCUT2D eigenvalue weighted by Crippen LogP contribution is -2.43. The van der Waals surface area contributed by atoms with Crippen LogP contribution in [0.15, 0.2) is 24.3 Å². The van der Waals surface area contributed by atoms with Crippen molar-refractivity contribution >= 4 is 11.6 Å². The van der Waals surface area contributed by atoms with Gasteiger partial charge in [0, 0.05) is 6.54 Å². The highest BCUT2D eigenvalue weighted by Gasteiger charge is 2.21. The van der Waals surface area contributed by atoms with Crippen LogP contribution in [0.5, 0.6) is 0 Å². The second-order valence-corrected chi connectivity index (χ2v) is 3.55. The molecule has 0 saturated carbocycles. The third-order valence-electron chi connectivity index (χ3n) is 2.48. The highest BCUT2D eigenvalue weighted by atomic mass is 19.1. The van der Waals surface area contributed by atoms with Gasteiger partial charge in [-0.2, -0.15) is 0 Å². The summed E-state index contributed by atoms with van der Waals surface area (Å²) in [6.45, 7) is 4.04. The largest absolute Gasteiger partial charge is 0.320 e. The van der Waals surface area contributed by atoms with Gasteiger partial charge in [0.05, 0.1) is 11.7 Å². The Morgan fingerprint density at radius 2 is 2.06 bits per heavy atom. The number of carbonyl (C=O) groups is 1. The zero-order valence-electron chi connectivity index (χ0n) is 9.61. The molecule has 16 heavy (non-hydrogen) atoms. The summed E-state index contributed by atoms with van der Waals surface area (Å²) in [5.74, 6) is -0.642. The van der Waals surface area contributed by atoms with E-state index in [0.717, 1.165) is 0 Å². The molecule has 4 heteroatoms. The highest BCUT2D eigenvalue weighted by molar-refractivity contribution is 5.97. The zero-order chi connectivity index (χ0) is 12.1. The topological polar surface area (TPSA) is 46.3 Å². The first-order valence-corrected chi connectivity index (χ1v) is 5.43. The number of anilines is 1. The molecule has 88 valence electrons. The van der Waals surface area contributed by atoms with Gasteiger partial charge >= 0.3 is 0 Å². The second-order valence-electron chi connectivity index (χ2n) is 3.55. The van der Waals surface area contributed by atoms with Crippen LogP contribution >= 0.6 is 0 Å². The molecule has 1 rings (SSSR count). The average Bonchev–Trinajstić information content (AvgIpc) is 2.31. The van der Waals surface area contributed by atoms with E-state index in [1.165, 1.54) is 11.0 Å². The van der Waals surface area contributed by atoms with Gasteiger partial charge < -0.3 is 10.6 Å². The van der Waals surface area contributed by atoms with E-state index in [1.807, 2.05) is 6.92 Å². The molecular weight excluding hydrogens is 207 g/mol. The summed E-state index contributed by atoms with van der Waals surface area (Å²) < 4.78 is 13.5. The second kappa shape index (κ2) is 5.61. The maximum atomic E-state index is 13.5. The van der Waals surface area contributed by atoms with E-state index < -0.39 is 11.9 Å². The van der Waals surface area contributed by atoms with Gasteiger partial charge in [0.2, 0.25) is 5.91 Å². The number of likely N-dealkylation sites (N-methyl/N-ethyl adjacent to an activating group) is 1. The Hall–Kier alpha value is -1.42. The normalized spacial score (nSPS) is 12.2. The predicted octanol–water partition coefficient (Wildman–Crippen LogP) is 1.92. The molecule has 0 aliphatic rings. The van der Waals surface area contributed by atoms with E-state index in [4.69, 9.17) is 5.73 Å². The van der Waals surface area contributed by atoms with Gasteiger partial charge in [-0.1, -0.05) is 19.1 Å². The van der Waals surface area contributed by atoms with Crippen molar-refractivity contribution in [1.29, 1.82) is 0 Å². The quantitative estimate of drug-likeness (QED) is 0.849. The van der Waals surface area contributed by atoms with Crippen molar-refractivity contribution in [2.75, 3.05) is 11.4 Å². The first-order chi connectivity index (χ1) is 7.61. The van der Waals surface area contributed by atoms with E-state index >= 15 is 0 Å². The number of benzene rings is 1. The molecule has 1 unspecified atom stereocenters. The number of amides is 1. The fourth-order valence-electron chi connectivity index (χ4n) is 1.49. The average molecular weight is 224 g/mol. The van der Waals surface area contributed by atoms with E-state index in [9.17, 15) is 9.18 Å². The summed E-state index contributed by atoms with van der Waals surface area (Å²) in [6, 6.07) is 5.64. The van der Waals surface area contributed by atoms with Gasteiger partial charge in [-0.15, -0.1) is 0 Å². The third kappa shape index (κ3) is 2.58. The van der Waals surface area contributed by atoms with Crippen molar-refractivity contribution in [1.82, 2.24) is 0 Å². The van der Waals surface area contributed by atoms with Crippen molar-refractivity contribution in [2.24, 2.45) is 5.73 Å². The number of para-hydroxylation sites is 1. The highest BCUT2D eigenvalue weighted by Crippen LogP contribution is 2.19. The maximum Gasteiger partial charge on any atom is 0.243 e. The summed E-state index contributed by atoms with van der Waals surface area (Å²) in [6.07, 6.45) is 0.545. The molecule has 1 aromatic carbocycles. The number of halogens is 1. The molecule has 3 nitrogen and oxygen atoms in total. The number of nitrogens with zero attached hydrogens (tertiary/aromatic N) is 1. The first-order valence-electron chi connectivity index (χ1n) is 5.43. The molecule has 1 aromatic rings. The van der Waals surface area contributed by atoms with Crippen LogP contribution in [-0.2, 0) is 4.79 Å². The van der Waals surface area contributed by atoms with Crippen LogP contribution in [0.2, 0.25) is 0 Å². The Labute approximate surface area is 95.0 Å². The van der Waals surface area contributed by atoms with Gasteiger partial charge in [-0.25, -0.2) is 4.39 Å². The third-order valence-corrected chi connectivity index (χ3v) is 2.48. The summed E-state index contributed by atoms with van der Waals surface area (Å²) in [5, 5.41) is 0. The predicted molar refractivity (Wildman–Crippen MR) is 62.7 cm³/mol. The number of rotatable bonds is 4. The minimum atomic E-state index is -0.570. The van der Waals surface area contributed by atoms with E-state index in [1.54, 1.807) is 25.1 Å². The van der Waals surface area contributed by atoms with Gasteiger partial charge in [0.1, 0.15) is 5.82 Å². The van der Waals surface area contributed by atoms with Gasteiger partial charge in [0.15, 0.2) is 0 Å². The van der Waals surface area contributed by atoms with Crippen LogP contribution in [0.25, 0.3) is 0 Å². The number of nitrogens with two attached hydrogens (primary N) is 1. The Balaban J connectivity index is 2.99. The Morgan fingerprint density at radius 3 is 2.56 bits per heavy atom. The Kier molecular flexibility index (Phi) is 4.43. The van der Waals surface area contributed by atoms with Crippen LogP contribution in [-0.4, -0.2) is 18.5 Å². The molecule has 1 atom stereocenters. The molecule has 0 aliphatic carbocycles. The zero-order valence-corrected chi connectivity index (χ0v) is 9.61. The molecule has 0 aromatic heterocycles. The molecule has 1 amide bonds. The molecule has 0 heterocycles. The summed E-state index contributed by atoms with van der Waals surface area (Å²) in [7, 11) is 0. The lowest BCUT2D eigenvalue weighted by Gasteiger charge is -2.24. The number of carbonyl (C=O) groups excluding carboxylic acids is 1. The standard InChI is InChI=1S/C12H17FN2O/c1-3-10(14)12(16)15(4-2)11-8-6-5-7-9(11)13/h5-8,10H,3-4,14H2,1-2H3. The fraction of sp³-hybridized carbons (Fsp3) is 0.417. The fourth-order valence-corrected chi connectivity index (χ4v) is 1.49. The van der Waals surface area contributed by atoms with Gasteiger partial charge in [-0.3, -0.25) is 4.79 Å². The van der Waals surface area contributed by atoms with Crippen molar-refractivity contribution in [3.63, 3.8) is 0 Å². The van der Waals surface area contributed by atoms with Crippen molar-refractivity contribution < 1.29 is 9.18 Å². The molecule has 0 radical (unpaired) electrons. The minimum Gasteiger partial charge on any atom is -0.320 e. The van der Waals surface area contributed by atoms with Gasteiger partial charge in [0.25, 0.3) is 0 Å². The molecule has 0 saturated heterocycles. The Bertz CT molecular complexity index is 368. The molecule has 0 aliphatic heterocycles. The van der Waals surface area contributed by atoms with E-state index in [0.29, 0.717) is 18.7 Å². The maximum absolute atomic E-state index is 13.5. The molecular formula is C12H17FN2O. The van der Waals surface area contributed by atoms with E-state index in [2.05, 4.69) is 0 Å². The van der Waals surface area contributed by atoms with Crippen molar-refractivity contribution in [3.05, 3.63) is 30.1 Å². The monoisotopic (exact) mass is 224 g/mol. The molecule has 0 bridgehead atoms. The number of hydrogen-bond donors (Lipinski definition) is 1. The minimum absolute atomic E-state index is 0.241. The van der Waals surface area contributed by atoms with Crippen molar-refractivity contribution in [3.8, 4) is 0 Å². The summed E-state index contributed by atoms with van der Waals surface area (Å²) >= 11 is 0. The van der Waals surface area contributed by atoms with Crippen molar-refractivity contribution in [2.45, 2.75) is 26.3 Å². The SMILES string of the molecule is CCC(N)C(=O)N(CC)c1ccccc1F. The van der Waals surface area contributed by atoms with Crippen LogP contribution in [0, 0.1) is 5.82 Å². The van der Waals surface area contributed by atoms with Gasteiger partial charge in [-0.05, 0) is 25.5 Å². The first kappa shape index (κ1) is 12.6. The lowest BCUT2D eigenvalue weighted by molar-refractivity contribution is -0.119. The van der Waals surface area contributed by atoms with E-state index in [-0.39, 0.29) is 5.91 Å². The smallest absolute Gasteiger partial charge is 0.243 e. The Morgan fingerprint density at radius 1 is 1.44 bits per heavy atom. The van der Waals surface area contributed by atoms with Crippen LogP contribution in [0.4, 0.5) is 10.1 Å².